The average Bonchev–Trinajstić information content (AvgIpc) is 2.67. The molecule has 2 nitrogen and oxygen atoms in total. The predicted octanol–water partition coefficient (Wildman–Crippen LogP) is 2.65. The lowest BCUT2D eigenvalue weighted by Crippen LogP contribution is -2.34. The smallest absolute Gasteiger partial charge is 0.160 e. The third kappa shape index (κ3) is 1.97. The lowest BCUT2D eigenvalue weighted by molar-refractivity contribution is 0.123. The second-order valence-electron chi connectivity index (χ2n) is 3.12. The largest absolute Gasteiger partial charge is 0.354 e. The van der Waals surface area contributed by atoms with Gasteiger partial charge < -0.3 is 9.64 Å². The normalized spacial score (nSPS) is 21.9. The highest BCUT2D eigenvalue weighted by Crippen LogP contribution is 2.26. The van der Waals surface area contributed by atoms with Gasteiger partial charge in [0.15, 0.2) is 11.1 Å². The van der Waals surface area contributed by atoms with Crippen LogP contribution in [0.5, 0.6) is 0 Å². The van der Waals surface area contributed by atoms with E-state index >= 15 is 0 Å². The van der Waals surface area contributed by atoms with Crippen molar-refractivity contribution in [3.8, 4) is 0 Å². The first-order valence-corrected chi connectivity index (χ1v) is 5.38. The maximum Gasteiger partial charge on any atom is 0.160 e. The Balaban J connectivity index is 2.18. The molecule has 1 heterocycles. The summed E-state index contributed by atoms with van der Waals surface area (Å²) in [5.74, 6) is 0. The fraction of sp³-hybridized carbons (Fsp3) is 0.400. The monoisotopic (exact) mass is 231 g/mol. The summed E-state index contributed by atoms with van der Waals surface area (Å²) in [6.07, 6.45) is -0.222. The molecule has 0 saturated carbocycles. The molecular formula is C10H11Cl2NO. The van der Waals surface area contributed by atoms with Gasteiger partial charge in [-0.1, -0.05) is 18.2 Å². The zero-order valence-corrected chi connectivity index (χ0v) is 9.08. The Labute approximate surface area is 93.4 Å². The second kappa shape index (κ2) is 4.39. The molecule has 0 spiro atoms. The van der Waals surface area contributed by atoms with Crippen LogP contribution in [0.15, 0.2) is 30.3 Å². The van der Waals surface area contributed by atoms with E-state index in [9.17, 15) is 0 Å². The van der Waals surface area contributed by atoms with Crippen LogP contribution in [-0.4, -0.2) is 24.2 Å². The Kier molecular flexibility index (Phi) is 3.16. The number of halogens is 2. The molecule has 4 heteroatoms. The quantitative estimate of drug-likeness (QED) is 0.727. The van der Waals surface area contributed by atoms with Crippen LogP contribution >= 0.6 is 23.2 Å². The average molecular weight is 232 g/mol. The minimum absolute atomic E-state index is 0.222. The lowest BCUT2D eigenvalue weighted by atomic mass is 10.3. The fourth-order valence-electron chi connectivity index (χ4n) is 1.59. The highest BCUT2D eigenvalue weighted by molar-refractivity contribution is 6.44. The number of rotatable bonds is 2. The van der Waals surface area contributed by atoms with Crippen LogP contribution in [0, 0.1) is 0 Å². The first kappa shape index (κ1) is 10.1. The minimum Gasteiger partial charge on any atom is -0.354 e. The van der Waals surface area contributed by atoms with Gasteiger partial charge >= 0.3 is 0 Å². The van der Waals surface area contributed by atoms with Crippen molar-refractivity contribution in [2.75, 3.05) is 18.1 Å². The highest BCUT2D eigenvalue weighted by Gasteiger charge is 2.30. The molecule has 0 N–H and O–H groups in total. The Hall–Kier alpha value is -0.440. The number of alkyl halides is 2. The van der Waals surface area contributed by atoms with Crippen LogP contribution < -0.4 is 4.90 Å². The molecule has 1 unspecified atom stereocenters. The Morgan fingerprint density at radius 1 is 1.29 bits per heavy atom. The summed E-state index contributed by atoms with van der Waals surface area (Å²) in [6, 6.07) is 10.0. The predicted molar refractivity (Wildman–Crippen MR) is 59.0 cm³/mol. The first-order valence-electron chi connectivity index (χ1n) is 4.50. The van der Waals surface area contributed by atoms with E-state index in [0.717, 1.165) is 12.2 Å². The maximum atomic E-state index is 5.83. The number of hydrogen-bond donors (Lipinski definition) is 0. The van der Waals surface area contributed by atoms with E-state index in [1.807, 2.05) is 30.3 Å². The third-order valence-corrected chi connectivity index (χ3v) is 2.66. The van der Waals surface area contributed by atoms with Gasteiger partial charge in [-0.25, -0.2) is 0 Å². The molecule has 1 fully saturated rings. The van der Waals surface area contributed by atoms with Gasteiger partial charge in [0.2, 0.25) is 0 Å². The summed E-state index contributed by atoms with van der Waals surface area (Å²) in [4.78, 5) is 1.56. The van der Waals surface area contributed by atoms with Crippen LogP contribution in [0.3, 0.4) is 0 Å². The molecule has 76 valence electrons. The number of ether oxygens (including phenoxy) is 1. The maximum absolute atomic E-state index is 5.83. The zero-order valence-electron chi connectivity index (χ0n) is 7.57. The third-order valence-electron chi connectivity index (χ3n) is 2.23. The molecule has 0 aromatic heterocycles. The molecule has 14 heavy (non-hydrogen) atoms. The van der Waals surface area contributed by atoms with Crippen molar-refractivity contribution in [1.82, 2.24) is 0 Å². The summed E-state index contributed by atoms with van der Waals surface area (Å²) in [5, 5.41) is 0. The molecule has 1 aliphatic heterocycles. The molecule has 1 saturated heterocycles. The van der Waals surface area contributed by atoms with Crippen LogP contribution in [0.4, 0.5) is 5.69 Å². The van der Waals surface area contributed by atoms with Crippen LogP contribution in [0.1, 0.15) is 0 Å². The number of benzene rings is 1. The van der Waals surface area contributed by atoms with Crippen molar-refractivity contribution in [2.24, 2.45) is 0 Å². The van der Waals surface area contributed by atoms with Crippen LogP contribution in [0.25, 0.3) is 0 Å². The molecule has 0 amide bonds. The van der Waals surface area contributed by atoms with Crippen molar-refractivity contribution >= 4 is 28.9 Å². The standard InChI is InChI=1S/C10H11Cl2NO/c11-9(12)10-13(6-7-14-10)8-4-2-1-3-5-8/h1-5,9-10H,6-7H2. The van der Waals surface area contributed by atoms with E-state index in [2.05, 4.69) is 4.90 Å². The first-order chi connectivity index (χ1) is 6.79. The van der Waals surface area contributed by atoms with Gasteiger partial charge in [-0.2, -0.15) is 0 Å². The summed E-state index contributed by atoms with van der Waals surface area (Å²) >= 11 is 11.7. The Bertz CT molecular complexity index is 291. The molecule has 1 aromatic rings. The van der Waals surface area contributed by atoms with Crippen LogP contribution in [0.2, 0.25) is 0 Å². The number of hydrogen-bond acceptors (Lipinski definition) is 2. The molecule has 1 aliphatic rings. The Morgan fingerprint density at radius 2 is 2.00 bits per heavy atom. The van der Waals surface area contributed by atoms with E-state index in [4.69, 9.17) is 27.9 Å². The molecule has 0 radical (unpaired) electrons. The summed E-state index contributed by atoms with van der Waals surface area (Å²) in [5.41, 5.74) is 1.10. The fourth-order valence-corrected chi connectivity index (χ4v) is 2.01. The van der Waals surface area contributed by atoms with Gasteiger partial charge in [0.25, 0.3) is 0 Å². The molecule has 1 aromatic carbocycles. The lowest BCUT2D eigenvalue weighted by Gasteiger charge is -2.25. The molecule has 2 rings (SSSR count). The second-order valence-corrected chi connectivity index (χ2v) is 4.29. The molecular weight excluding hydrogens is 221 g/mol. The summed E-state index contributed by atoms with van der Waals surface area (Å²) in [7, 11) is 0. The molecule has 0 aliphatic carbocycles. The SMILES string of the molecule is ClC(Cl)C1OCCN1c1ccccc1. The number of para-hydroxylation sites is 1. The van der Waals surface area contributed by atoms with Crippen molar-refractivity contribution in [3.05, 3.63) is 30.3 Å². The van der Waals surface area contributed by atoms with Gasteiger partial charge in [-0.15, -0.1) is 23.2 Å². The van der Waals surface area contributed by atoms with E-state index in [1.54, 1.807) is 0 Å². The van der Waals surface area contributed by atoms with E-state index in [0.29, 0.717) is 6.61 Å². The van der Waals surface area contributed by atoms with Crippen LogP contribution in [-0.2, 0) is 4.74 Å². The highest BCUT2D eigenvalue weighted by atomic mass is 35.5. The number of nitrogens with zero attached hydrogens (tertiary/aromatic N) is 1. The Morgan fingerprint density at radius 3 is 2.64 bits per heavy atom. The summed E-state index contributed by atoms with van der Waals surface area (Å²) < 4.78 is 5.44. The van der Waals surface area contributed by atoms with Gasteiger partial charge in [0, 0.05) is 12.2 Å². The molecule has 1 atom stereocenters. The minimum atomic E-state index is -0.516. The van der Waals surface area contributed by atoms with Gasteiger partial charge in [-0.3, -0.25) is 0 Å². The van der Waals surface area contributed by atoms with Crippen molar-refractivity contribution in [2.45, 2.75) is 11.1 Å². The topological polar surface area (TPSA) is 12.5 Å². The van der Waals surface area contributed by atoms with E-state index < -0.39 is 4.84 Å². The number of anilines is 1. The van der Waals surface area contributed by atoms with E-state index in [-0.39, 0.29) is 6.23 Å². The van der Waals surface area contributed by atoms with Gasteiger partial charge in [-0.05, 0) is 12.1 Å². The molecule has 0 bridgehead atoms. The van der Waals surface area contributed by atoms with E-state index in [1.165, 1.54) is 0 Å². The summed E-state index contributed by atoms with van der Waals surface area (Å²) in [6.45, 7) is 1.51. The van der Waals surface area contributed by atoms with Crippen molar-refractivity contribution in [1.29, 1.82) is 0 Å². The van der Waals surface area contributed by atoms with Gasteiger partial charge in [0.1, 0.15) is 0 Å². The van der Waals surface area contributed by atoms with Crippen molar-refractivity contribution < 1.29 is 4.74 Å². The van der Waals surface area contributed by atoms with Crippen molar-refractivity contribution in [3.63, 3.8) is 0 Å². The van der Waals surface area contributed by atoms with Gasteiger partial charge in [0.05, 0.1) is 6.61 Å². The zero-order chi connectivity index (χ0) is 9.97.